The minimum Gasteiger partial charge on any atom is -0.204 e. The van der Waals surface area contributed by atoms with E-state index < -0.39 is 0 Å². The summed E-state index contributed by atoms with van der Waals surface area (Å²) in [5.74, 6) is 0. The summed E-state index contributed by atoms with van der Waals surface area (Å²) in [5, 5.41) is 3.36. The second-order valence-electron chi connectivity index (χ2n) is 3.02. The van der Waals surface area contributed by atoms with Crippen LogP contribution in [-0.4, -0.2) is 0 Å². The Labute approximate surface area is 82.7 Å². The van der Waals surface area contributed by atoms with E-state index in [4.69, 9.17) is 5.53 Å². The molecule has 2 aromatic carbocycles. The molecule has 0 aliphatic carbocycles. The third kappa shape index (κ3) is 1.69. The maximum Gasteiger partial charge on any atom is 0.0850 e. The van der Waals surface area contributed by atoms with Gasteiger partial charge in [-0.25, -0.2) is 5.53 Å². The molecule has 68 valence electrons. The largest absolute Gasteiger partial charge is 0.204 e. The lowest BCUT2D eigenvalue weighted by Crippen LogP contribution is -1.74. The maximum absolute atomic E-state index is 6.84. The molecule has 0 aromatic heterocycles. The second-order valence-corrected chi connectivity index (χ2v) is 3.02. The van der Waals surface area contributed by atoms with Crippen LogP contribution in [0.3, 0.4) is 0 Å². The second kappa shape index (κ2) is 3.83. The first-order valence-corrected chi connectivity index (χ1v) is 4.43. The van der Waals surface area contributed by atoms with Gasteiger partial charge in [0.05, 0.1) is 5.69 Å². The van der Waals surface area contributed by atoms with Crippen molar-refractivity contribution >= 4 is 5.69 Å². The Kier molecular flexibility index (Phi) is 2.36. The molecule has 0 spiro atoms. The van der Waals surface area contributed by atoms with Crippen LogP contribution in [-0.2, 0) is 0 Å². The lowest BCUT2D eigenvalue weighted by Gasteiger charge is -2.00. The van der Waals surface area contributed by atoms with Gasteiger partial charge in [-0.2, -0.15) is 5.11 Å². The van der Waals surface area contributed by atoms with Crippen molar-refractivity contribution < 1.29 is 0 Å². The smallest absolute Gasteiger partial charge is 0.0850 e. The Morgan fingerprint density at radius 2 is 1.29 bits per heavy atom. The molecule has 0 saturated heterocycles. The Hall–Kier alpha value is -1.96. The molecule has 14 heavy (non-hydrogen) atoms. The molecule has 2 heteroatoms. The molecule has 0 aliphatic rings. The Bertz CT molecular complexity index is 418. The van der Waals surface area contributed by atoms with Crippen LogP contribution < -0.4 is 0 Å². The van der Waals surface area contributed by atoms with E-state index in [0.717, 1.165) is 5.56 Å². The third-order valence-electron chi connectivity index (χ3n) is 2.10. The number of rotatable bonds is 2. The van der Waals surface area contributed by atoms with Gasteiger partial charge in [0.1, 0.15) is 0 Å². The molecule has 0 radical (unpaired) electrons. The monoisotopic (exact) mass is 182 g/mol. The molecule has 0 atom stereocenters. The molecule has 0 heterocycles. The van der Waals surface area contributed by atoms with Gasteiger partial charge in [-0.1, -0.05) is 42.5 Å². The van der Waals surface area contributed by atoms with Gasteiger partial charge in [0, 0.05) is 0 Å². The van der Waals surface area contributed by atoms with Crippen molar-refractivity contribution in [3.8, 4) is 11.1 Å². The zero-order valence-corrected chi connectivity index (χ0v) is 7.64. The predicted octanol–water partition coefficient (Wildman–Crippen LogP) is 4.02. The lowest BCUT2D eigenvalue weighted by atomic mass is 10.1. The fourth-order valence-electron chi connectivity index (χ4n) is 1.36. The molecule has 2 aromatic rings. The molecule has 0 unspecified atom stereocenters. The highest BCUT2D eigenvalue weighted by atomic mass is 14.9. The number of hydrogen-bond donors (Lipinski definition) is 1. The van der Waals surface area contributed by atoms with E-state index >= 15 is 0 Å². The Balaban J connectivity index is 2.39. The number of hydrogen-bond acceptors (Lipinski definition) is 2. The van der Waals surface area contributed by atoms with Crippen molar-refractivity contribution in [2.24, 2.45) is 5.11 Å². The third-order valence-corrected chi connectivity index (χ3v) is 2.10. The minimum absolute atomic E-state index is 0.685. The van der Waals surface area contributed by atoms with Crippen LogP contribution in [0.1, 0.15) is 0 Å². The van der Waals surface area contributed by atoms with Crippen LogP contribution in [0.2, 0.25) is 0 Å². The average Bonchev–Trinajstić information content (AvgIpc) is 2.30. The minimum atomic E-state index is 0.685. The first-order valence-electron chi connectivity index (χ1n) is 4.43. The van der Waals surface area contributed by atoms with Gasteiger partial charge in [-0.15, -0.1) is 0 Å². The standard InChI is InChI=1S/C12H10N2/c13-14-12-8-6-11(7-9-12)10-4-2-1-3-5-10/h1-9,13H. The molecule has 2 nitrogen and oxygen atoms in total. The number of benzene rings is 2. The molecular weight excluding hydrogens is 172 g/mol. The molecule has 1 N–H and O–H groups in total. The van der Waals surface area contributed by atoms with Crippen LogP contribution in [0.15, 0.2) is 59.7 Å². The van der Waals surface area contributed by atoms with E-state index in [1.165, 1.54) is 5.56 Å². The highest BCUT2D eigenvalue weighted by Crippen LogP contribution is 2.21. The fraction of sp³-hybridized carbons (Fsp3) is 0. The quantitative estimate of drug-likeness (QED) is 0.681. The molecular formula is C12H10N2. The number of nitrogens with one attached hydrogen (secondary N) is 1. The van der Waals surface area contributed by atoms with Crippen molar-refractivity contribution in [1.29, 1.82) is 5.53 Å². The highest BCUT2D eigenvalue weighted by molar-refractivity contribution is 5.64. The zero-order valence-electron chi connectivity index (χ0n) is 7.64. The van der Waals surface area contributed by atoms with Crippen molar-refractivity contribution in [2.75, 3.05) is 0 Å². The molecule has 0 fully saturated rings. The first kappa shape index (κ1) is 8.63. The van der Waals surface area contributed by atoms with Crippen molar-refractivity contribution in [3.63, 3.8) is 0 Å². The first-order chi connectivity index (χ1) is 6.90. The molecule has 0 amide bonds. The zero-order chi connectivity index (χ0) is 9.80. The summed E-state index contributed by atoms with van der Waals surface area (Å²) < 4.78 is 0. The molecule has 0 aliphatic heterocycles. The van der Waals surface area contributed by atoms with Gasteiger partial charge in [0.15, 0.2) is 0 Å². The van der Waals surface area contributed by atoms with E-state index in [-0.39, 0.29) is 0 Å². The van der Waals surface area contributed by atoms with E-state index in [9.17, 15) is 0 Å². The predicted molar refractivity (Wildman–Crippen MR) is 56.7 cm³/mol. The van der Waals surface area contributed by atoms with Gasteiger partial charge < -0.3 is 0 Å². The summed E-state index contributed by atoms with van der Waals surface area (Å²) in [4.78, 5) is 0. The van der Waals surface area contributed by atoms with Gasteiger partial charge in [-0.3, -0.25) is 0 Å². The normalized spacial score (nSPS) is 9.71. The van der Waals surface area contributed by atoms with Crippen LogP contribution >= 0.6 is 0 Å². The van der Waals surface area contributed by atoms with Gasteiger partial charge >= 0.3 is 0 Å². The van der Waals surface area contributed by atoms with E-state index in [2.05, 4.69) is 17.2 Å². The molecule has 2 rings (SSSR count). The number of nitrogens with zero attached hydrogens (tertiary/aromatic N) is 1. The van der Waals surface area contributed by atoms with Crippen LogP contribution in [0.25, 0.3) is 11.1 Å². The van der Waals surface area contributed by atoms with Crippen molar-refractivity contribution in [1.82, 2.24) is 0 Å². The average molecular weight is 182 g/mol. The topological polar surface area (TPSA) is 36.2 Å². The summed E-state index contributed by atoms with van der Waals surface area (Å²) in [6, 6.07) is 17.8. The van der Waals surface area contributed by atoms with Gasteiger partial charge in [-0.05, 0) is 23.3 Å². The van der Waals surface area contributed by atoms with E-state index in [1.54, 1.807) is 0 Å². The van der Waals surface area contributed by atoms with Gasteiger partial charge in [0.25, 0.3) is 0 Å². The van der Waals surface area contributed by atoms with E-state index in [1.807, 2.05) is 42.5 Å². The van der Waals surface area contributed by atoms with E-state index in [0.29, 0.717) is 5.69 Å². The summed E-state index contributed by atoms with van der Waals surface area (Å²) in [7, 11) is 0. The molecule has 0 saturated carbocycles. The molecule has 0 bridgehead atoms. The van der Waals surface area contributed by atoms with Crippen LogP contribution in [0, 0.1) is 5.53 Å². The summed E-state index contributed by atoms with van der Waals surface area (Å²) in [6.45, 7) is 0. The highest BCUT2D eigenvalue weighted by Gasteiger charge is 1.95. The van der Waals surface area contributed by atoms with Crippen LogP contribution in [0.4, 0.5) is 5.69 Å². The maximum atomic E-state index is 6.84. The summed E-state index contributed by atoms with van der Waals surface area (Å²) >= 11 is 0. The SMILES string of the molecule is N=Nc1ccc(-c2ccccc2)cc1. The Morgan fingerprint density at radius 1 is 0.714 bits per heavy atom. The Morgan fingerprint density at radius 3 is 1.86 bits per heavy atom. The van der Waals surface area contributed by atoms with Crippen molar-refractivity contribution in [3.05, 3.63) is 54.6 Å². The van der Waals surface area contributed by atoms with Crippen LogP contribution in [0.5, 0.6) is 0 Å². The summed E-state index contributed by atoms with van der Waals surface area (Å²) in [5.41, 5.74) is 9.86. The van der Waals surface area contributed by atoms with Gasteiger partial charge in [0.2, 0.25) is 0 Å². The summed E-state index contributed by atoms with van der Waals surface area (Å²) in [6.07, 6.45) is 0. The fourth-order valence-corrected chi connectivity index (χ4v) is 1.36. The van der Waals surface area contributed by atoms with Crippen molar-refractivity contribution in [2.45, 2.75) is 0 Å². The lowest BCUT2D eigenvalue weighted by molar-refractivity contribution is 1.15.